The fraction of sp³-hybridized carbons (Fsp3) is 0.136. The van der Waals surface area contributed by atoms with Crippen LogP contribution in [0.5, 0.6) is 17.2 Å². The van der Waals surface area contributed by atoms with E-state index in [2.05, 4.69) is 0 Å². The molecule has 0 aliphatic carbocycles. The average Bonchev–Trinajstić information content (AvgIpc) is 2.67. The van der Waals surface area contributed by atoms with Crippen LogP contribution in [0.1, 0.15) is 18.1 Å². The molecule has 3 rings (SSSR count). The lowest BCUT2D eigenvalue weighted by molar-refractivity contribution is -0.132. The Labute approximate surface area is 153 Å². The van der Waals surface area contributed by atoms with Gasteiger partial charge >= 0.3 is 5.97 Å². The number of hydrogen-bond acceptors (Lipinski definition) is 4. The van der Waals surface area contributed by atoms with Crippen LogP contribution in [0.25, 0.3) is 0 Å². The minimum atomic E-state index is -0.396. The van der Waals surface area contributed by atoms with E-state index in [1.807, 2.05) is 60.7 Å². The molecule has 3 aromatic carbocycles. The predicted octanol–water partition coefficient (Wildman–Crippen LogP) is 4.77. The first-order valence-corrected chi connectivity index (χ1v) is 8.36. The Hall–Kier alpha value is -3.27. The summed E-state index contributed by atoms with van der Waals surface area (Å²) in [6, 6.07) is 24.9. The average molecular weight is 348 g/mol. The minimum Gasteiger partial charge on any atom is -0.489 e. The third-order valence-corrected chi connectivity index (χ3v) is 3.65. The van der Waals surface area contributed by atoms with E-state index in [0.717, 1.165) is 11.1 Å². The smallest absolute Gasteiger partial charge is 0.308 e. The molecule has 0 bridgehead atoms. The summed E-state index contributed by atoms with van der Waals surface area (Å²) in [5, 5.41) is 0. The van der Waals surface area contributed by atoms with Crippen LogP contribution in [0.15, 0.2) is 78.9 Å². The zero-order valence-electron chi connectivity index (χ0n) is 14.6. The SMILES string of the molecule is CC(=O)Oc1ccc(OCc2ccccc2)cc1OCc1ccccc1. The standard InChI is InChI=1S/C22H20O4/c1-17(23)26-21-13-12-20(24-15-18-8-4-2-5-9-18)14-22(21)25-16-19-10-6-3-7-11-19/h2-14H,15-16H2,1H3. The van der Waals surface area contributed by atoms with Crippen LogP contribution in [0.2, 0.25) is 0 Å². The molecule has 26 heavy (non-hydrogen) atoms. The summed E-state index contributed by atoms with van der Waals surface area (Å²) < 4.78 is 16.9. The van der Waals surface area contributed by atoms with E-state index in [1.165, 1.54) is 6.92 Å². The zero-order valence-corrected chi connectivity index (χ0v) is 14.6. The number of hydrogen-bond donors (Lipinski definition) is 0. The number of benzene rings is 3. The molecule has 3 aromatic rings. The summed E-state index contributed by atoms with van der Waals surface area (Å²) in [5.74, 6) is 1.09. The maximum Gasteiger partial charge on any atom is 0.308 e. The van der Waals surface area contributed by atoms with Gasteiger partial charge in [-0.3, -0.25) is 4.79 Å². The molecular formula is C22H20O4. The van der Waals surface area contributed by atoms with Crippen molar-refractivity contribution in [1.82, 2.24) is 0 Å². The number of esters is 1. The van der Waals surface area contributed by atoms with Gasteiger partial charge in [0, 0.05) is 13.0 Å². The van der Waals surface area contributed by atoms with Gasteiger partial charge in [0.1, 0.15) is 19.0 Å². The molecule has 4 nitrogen and oxygen atoms in total. The number of carbonyl (C=O) groups excluding carboxylic acids is 1. The molecular weight excluding hydrogens is 328 g/mol. The Bertz CT molecular complexity index is 845. The largest absolute Gasteiger partial charge is 0.489 e. The monoisotopic (exact) mass is 348 g/mol. The molecule has 0 saturated heterocycles. The molecule has 132 valence electrons. The highest BCUT2D eigenvalue weighted by molar-refractivity contribution is 5.70. The third-order valence-electron chi connectivity index (χ3n) is 3.65. The Morgan fingerprint density at radius 3 is 1.88 bits per heavy atom. The normalized spacial score (nSPS) is 10.2. The zero-order chi connectivity index (χ0) is 18.2. The van der Waals surface area contributed by atoms with E-state index in [4.69, 9.17) is 14.2 Å². The van der Waals surface area contributed by atoms with E-state index < -0.39 is 5.97 Å². The van der Waals surface area contributed by atoms with Crippen molar-refractivity contribution in [1.29, 1.82) is 0 Å². The van der Waals surface area contributed by atoms with Crippen molar-refractivity contribution in [3.8, 4) is 17.2 Å². The molecule has 0 unspecified atom stereocenters. The first-order chi connectivity index (χ1) is 12.7. The summed E-state index contributed by atoms with van der Waals surface area (Å²) in [7, 11) is 0. The van der Waals surface area contributed by atoms with Crippen molar-refractivity contribution in [2.75, 3.05) is 0 Å². The van der Waals surface area contributed by atoms with Gasteiger partial charge < -0.3 is 14.2 Å². The molecule has 0 spiro atoms. The molecule has 0 aliphatic rings. The predicted molar refractivity (Wildman–Crippen MR) is 99.3 cm³/mol. The molecule has 0 heterocycles. The number of rotatable bonds is 7. The van der Waals surface area contributed by atoms with E-state index >= 15 is 0 Å². The summed E-state index contributed by atoms with van der Waals surface area (Å²) in [6.45, 7) is 2.18. The molecule has 0 fully saturated rings. The maximum absolute atomic E-state index is 11.3. The second kappa shape index (κ2) is 8.72. The van der Waals surface area contributed by atoms with E-state index in [1.54, 1.807) is 18.2 Å². The minimum absolute atomic E-state index is 0.372. The lowest BCUT2D eigenvalue weighted by atomic mass is 10.2. The van der Waals surface area contributed by atoms with Crippen LogP contribution in [-0.2, 0) is 18.0 Å². The van der Waals surface area contributed by atoms with Crippen molar-refractivity contribution in [2.24, 2.45) is 0 Å². The van der Waals surface area contributed by atoms with Crippen LogP contribution in [0.4, 0.5) is 0 Å². The highest BCUT2D eigenvalue weighted by Gasteiger charge is 2.10. The van der Waals surface area contributed by atoms with Gasteiger partial charge in [0.25, 0.3) is 0 Å². The Morgan fingerprint density at radius 2 is 1.31 bits per heavy atom. The van der Waals surface area contributed by atoms with Crippen molar-refractivity contribution >= 4 is 5.97 Å². The lowest BCUT2D eigenvalue weighted by Gasteiger charge is -2.13. The molecule has 0 radical (unpaired) electrons. The van der Waals surface area contributed by atoms with Crippen LogP contribution < -0.4 is 14.2 Å². The van der Waals surface area contributed by atoms with E-state index in [9.17, 15) is 4.79 Å². The van der Waals surface area contributed by atoms with Gasteiger partial charge in [0.15, 0.2) is 11.5 Å². The topological polar surface area (TPSA) is 44.8 Å². The van der Waals surface area contributed by atoms with Gasteiger partial charge in [-0.25, -0.2) is 0 Å². The Morgan fingerprint density at radius 1 is 0.731 bits per heavy atom. The molecule has 4 heteroatoms. The summed E-state index contributed by atoms with van der Waals surface area (Å²) in [6.07, 6.45) is 0. The van der Waals surface area contributed by atoms with Gasteiger partial charge in [0.2, 0.25) is 0 Å². The van der Waals surface area contributed by atoms with Crippen molar-refractivity contribution in [3.63, 3.8) is 0 Å². The summed E-state index contributed by atoms with van der Waals surface area (Å²) in [4.78, 5) is 11.3. The summed E-state index contributed by atoms with van der Waals surface area (Å²) >= 11 is 0. The number of carbonyl (C=O) groups is 1. The Kier molecular flexibility index (Phi) is 5.88. The molecule has 0 amide bonds. The molecule has 0 saturated carbocycles. The van der Waals surface area contributed by atoms with Crippen LogP contribution in [0.3, 0.4) is 0 Å². The second-order valence-corrected chi connectivity index (χ2v) is 5.75. The van der Waals surface area contributed by atoms with Gasteiger partial charge in [-0.1, -0.05) is 60.7 Å². The van der Waals surface area contributed by atoms with Crippen LogP contribution in [-0.4, -0.2) is 5.97 Å². The molecule has 0 aliphatic heterocycles. The molecule has 0 aromatic heterocycles. The number of ether oxygens (including phenoxy) is 3. The molecule has 0 N–H and O–H groups in total. The van der Waals surface area contributed by atoms with Crippen molar-refractivity contribution in [2.45, 2.75) is 20.1 Å². The van der Waals surface area contributed by atoms with Gasteiger partial charge in [-0.05, 0) is 23.3 Å². The first kappa shape index (κ1) is 17.5. The van der Waals surface area contributed by atoms with Crippen LogP contribution >= 0.6 is 0 Å². The van der Waals surface area contributed by atoms with E-state index in [0.29, 0.717) is 30.5 Å². The highest BCUT2D eigenvalue weighted by atomic mass is 16.6. The van der Waals surface area contributed by atoms with Crippen molar-refractivity contribution < 1.29 is 19.0 Å². The fourth-order valence-corrected chi connectivity index (χ4v) is 2.41. The Balaban J connectivity index is 1.73. The second-order valence-electron chi connectivity index (χ2n) is 5.75. The van der Waals surface area contributed by atoms with Gasteiger partial charge in [0.05, 0.1) is 0 Å². The van der Waals surface area contributed by atoms with Crippen molar-refractivity contribution in [3.05, 3.63) is 90.0 Å². The quantitative estimate of drug-likeness (QED) is 0.456. The van der Waals surface area contributed by atoms with E-state index in [-0.39, 0.29) is 0 Å². The first-order valence-electron chi connectivity index (χ1n) is 8.36. The van der Waals surface area contributed by atoms with Gasteiger partial charge in [-0.2, -0.15) is 0 Å². The maximum atomic E-state index is 11.3. The van der Waals surface area contributed by atoms with Crippen LogP contribution in [0, 0.1) is 0 Å². The lowest BCUT2D eigenvalue weighted by Crippen LogP contribution is -2.05. The third kappa shape index (κ3) is 5.11. The highest BCUT2D eigenvalue weighted by Crippen LogP contribution is 2.32. The summed E-state index contributed by atoms with van der Waals surface area (Å²) in [5.41, 5.74) is 2.10. The molecule has 0 atom stereocenters. The van der Waals surface area contributed by atoms with Gasteiger partial charge in [-0.15, -0.1) is 0 Å². The fourth-order valence-electron chi connectivity index (χ4n) is 2.41.